The minimum absolute atomic E-state index is 0.174. The molecule has 0 radical (unpaired) electrons. The van der Waals surface area contributed by atoms with Gasteiger partial charge in [0.1, 0.15) is 0 Å². The van der Waals surface area contributed by atoms with Crippen molar-refractivity contribution in [2.45, 2.75) is 37.8 Å². The first kappa shape index (κ1) is 15.2. The Morgan fingerprint density at radius 3 is 2.86 bits per heavy atom. The van der Waals surface area contributed by atoms with E-state index in [-0.39, 0.29) is 18.1 Å². The van der Waals surface area contributed by atoms with Gasteiger partial charge in [-0.25, -0.2) is 0 Å². The van der Waals surface area contributed by atoms with Crippen LogP contribution in [0, 0.1) is 0 Å². The number of nitrogens with zero attached hydrogens (tertiary/aromatic N) is 1. The van der Waals surface area contributed by atoms with Crippen LogP contribution < -0.4 is 9.47 Å². The summed E-state index contributed by atoms with van der Waals surface area (Å²) in [5.74, 6) is 1.52. The number of amides is 1. The summed E-state index contributed by atoms with van der Waals surface area (Å²) in [6, 6.07) is 5.91. The van der Waals surface area contributed by atoms with E-state index < -0.39 is 0 Å². The van der Waals surface area contributed by atoms with Crippen molar-refractivity contribution in [3.8, 4) is 11.5 Å². The number of hydrogen-bond donors (Lipinski definition) is 0. The number of carbonyl (C=O) groups is 1. The highest BCUT2D eigenvalue weighted by atomic mass is 16.5. The number of methoxy groups -OCH3 is 2. The van der Waals surface area contributed by atoms with Gasteiger partial charge < -0.3 is 19.1 Å². The Bertz CT molecular complexity index is 545. The maximum atomic E-state index is 12.7. The van der Waals surface area contributed by atoms with Crippen molar-refractivity contribution in [3.63, 3.8) is 0 Å². The molecule has 22 heavy (non-hydrogen) atoms. The third kappa shape index (κ3) is 2.90. The van der Waals surface area contributed by atoms with Crippen LogP contribution in [0.4, 0.5) is 0 Å². The monoisotopic (exact) mass is 305 g/mol. The summed E-state index contributed by atoms with van der Waals surface area (Å²) < 4.78 is 16.3. The molecule has 1 saturated heterocycles. The Balaban J connectivity index is 1.71. The van der Waals surface area contributed by atoms with Crippen molar-refractivity contribution in [1.82, 2.24) is 4.90 Å². The molecule has 1 aliphatic heterocycles. The van der Waals surface area contributed by atoms with Crippen molar-refractivity contribution in [3.05, 3.63) is 23.8 Å². The zero-order chi connectivity index (χ0) is 15.5. The number of fused-ring (bicyclic) bond motifs is 1. The lowest BCUT2D eigenvalue weighted by atomic mass is 10.1. The van der Waals surface area contributed by atoms with Crippen molar-refractivity contribution < 1.29 is 19.0 Å². The molecule has 2 atom stereocenters. The fraction of sp³-hybridized carbons (Fsp3) is 0.588. The molecule has 1 amide bonds. The zero-order valence-corrected chi connectivity index (χ0v) is 13.2. The molecule has 0 bridgehead atoms. The Labute approximate surface area is 131 Å². The van der Waals surface area contributed by atoms with Gasteiger partial charge in [0.15, 0.2) is 11.5 Å². The van der Waals surface area contributed by atoms with E-state index in [4.69, 9.17) is 14.2 Å². The molecule has 1 aromatic carbocycles. The average molecular weight is 305 g/mol. The van der Waals surface area contributed by atoms with Crippen LogP contribution in [0.3, 0.4) is 0 Å². The van der Waals surface area contributed by atoms with Crippen LogP contribution >= 0.6 is 0 Å². The van der Waals surface area contributed by atoms with Crippen LogP contribution in [0.1, 0.15) is 24.8 Å². The second kappa shape index (κ2) is 6.57. The lowest BCUT2D eigenvalue weighted by Crippen LogP contribution is -2.51. The summed E-state index contributed by atoms with van der Waals surface area (Å²) in [6.45, 7) is 1.35. The van der Waals surface area contributed by atoms with Crippen LogP contribution in [0.15, 0.2) is 18.2 Å². The highest BCUT2D eigenvalue weighted by Gasteiger charge is 2.38. The first-order chi connectivity index (χ1) is 10.7. The number of morpholine rings is 1. The van der Waals surface area contributed by atoms with Crippen LogP contribution in [0.2, 0.25) is 0 Å². The van der Waals surface area contributed by atoms with Gasteiger partial charge in [0.25, 0.3) is 0 Å². The topological polar surface area (TPSA) is 48.0 Å². The Kier molecular flexibility index (Phi) is 4.52. The molecule has 1 aromatic rings. The van der Waals surface area contributed by atoms with Gasteiger partial charge in [-0.05, 0) is 37.0 Å². The number of carbonyl (C=O) groups excluding carboxylic acids is 1. The molecule has 1 heterocycles. The molecule has 2 aliphatic rings. The summed E-state index contributed by atoms with van der Waals surface area (Å²) in [6.07, 6.45) is 3.91. The van der Waals surface area contributed by atoms with E-state index in [1.807, 2.05) is 23.1 Å². The normalized spacial score (nSPS) is 24.0. The Morgan fingerprint density at radius 1 is 1.27 bits per heavy atom. The quantitative estimate of drug-likeness (QED) is 0.854. The van der Waals surface area contributed by atoms with Gasteiger partial charge in [0.2, 0.25) is 5.91 Å². The minimum Gasteiger partial charge on any atom is -0.493 e. The lowest BCUT2D eigenvalue weighted by molar-refractivity contribution is -0.143. The van der Waals surface area contributed by atoms with Gasteiger partial charge in [-0.2, -0.15) is 0 Å². The molecule has 3 rings (SSSR count). The summed E-state index contributed by atoms with van der Waals surface area (Å²) in [5, 5.41) is 0. The fourth-order valence-corrected chi connectivity index (χ4v) is 3.50. The Morgan fingerprint density at radius 2 is 2.09 bits per heavy atom. The molecule has 0 aromatic heterocycles. The number of ether oxygens (including phenoxy) is 3. The number of benzene rings is 1. The van der Waals surface area contributed by atoms with Gasteiger partial charge in [0, 0.05) is 6.54 Å². The second-order valence-electron chi connectivity index (χ2n) is 5.86. The van der Waals surface area contributed by atoms with Gasteiger partial charge >= 0.3 is 0 Å². The zero-order valence-electron chi connectivity index (χ0n) is 13.2. The van der Waals surface area contributed by atoms with Gasteiger partial charge in [-0.1, -0.05) is 6.07 Å². The summed E-state index contributed by atoms with van der Waals surface area (Å²) in [7, 11) is 3.21. The predicted molar refractivity (Wildman–Crippen MR) is 82.3 cm³/mol. The standard InChI is InChI=1S/C17H23NO4/c1-20-15-7-6-12(10-16(15)21-2)11-17(19)18-8-9-22-14-5-3-4-13(14)18/h6-7,10,13-14H,3-5,8-9,11H2,1-2H3/t13-,14+/m0/s1. The van der Waals surface area contributed by atoms with E-state index in [0.29, 0.717) is 31.1 Å². The smallest absolute Gasteiger partial charge is 0.227 e. The molecule has 0 unspecified atom stereocenters. The van der Waals surface area contributed by atoms with E-state index in [0.717, 1.165) is 24.8 Å². The first-order valence-electron chi connectivity index (χ1n) is 7.85. The molecular weight excluding hydrogens is 282 g/mol. The molecule has 1 aliphatic carbocycles. The number of rotatable bonds is 4. The fourth-order valence-electron chi connectivity index (χ4n) is 3.50. The van der Waals surface area contributed by atoms with Crippen LogP contribution in [0.5, 0.6) is 11.5 Å². The van der Waals surface area contributed by atoms with Crippen molar-refractivity contribution in [2.24, 2.45) is 0 Å². The van der Waals surface area contributed by atoms with Crippen LogP contribution in [-0.2, 0) is 16.0 Å². The van der Waals surface area contributed by atoms with E-state index in [1.54, 1.807) is 14.2 Å². The van der Waals surface area contributed by atoms with Crippen molar-refractivity contribution in [1.29, 1.82) is 0 Å². The average Bonchev–Trinajstić information content (AvgIpc) is 3.03. The molecular formula is C17H23NO4. The predicted octanol–water partition coefficient (Wildman–Crippen LogP) is 2.03. The molecule has 5 nitrogen and oxygen atoms in total. The third-order valence-electron chi connectivity index (χ3n) is 4.61. The highest BCUT2D eigenvalue weighted by Crippen LogP contribution is 2.31. The maximum absolute atomic E-state index is 12.7. The molecule has 2 fully saturated rings. The summed E-state index contributed by atoms with van der Waals surface area (Å²) in [5.41, 5.74) is 0.948. The third-order valence-corrected chi connectivity index (χ3v) is 4.61. The maximum Gasteiger partial charge on any atom is 0.227 e. The molecule has 120 valence electrons. The second-order valence-corrected chi connectivity index (χ2v) is 5.86. The van der Waals surface area contributed by atoms with E-state index in [9.17, 15) is 4.79 Å². The lowest BCUT2D eigenvalue weighted by Gasteiger charge is -2.37. The highest BCUT2D eigenvalue weighted by molar-refractivity contribution is 5.79. The Hall–Kier alpha value is -1.75. The molecule has 0 spiro atoms. The van der Waals surface area contributed by atoms with Crippen molar-refractivity contribution in [2.75, 3.05) is 27.4 Å². The largest absolute Gasteiger partial charge is 0.493 e. The van der Waals surface area contributed by atoms with Gasteiger partial charge in [0.05, 0.1) is 39.4 Å². The molecule has 0 N–H and O–H groups in total. The summed E-state index contributed by atoms with van der Waals surface area (Å²) >= 11 is 0. The van der Waals surface area contributed by atoms with Crippen molar-refractivity contribution >= 4 is 5.91 Å². The summed E-state index contributed by atoms with van der Waals surface area (Å²) in [4.78, 5) is 14.7. The SMILES string of the molecule is COc1ccc(CC(=O)N2CCO[C@@H]3CCC[C@@H]32)cc1OC. The minimum atomic E-state index is 0.174. The van der Waals surface area contributed by atoms with E-state index in [1.165, 1.54) is 0 Å². The van der Waals surface area contributed by atoms with E-state index in [2.05, 4.69) is 0 Å². The molecule has 5 heteroatoms. The van der Waals surface area contributed by atoms with Crippen LogP contribution in [0.25, 0.3) is 0 Å². The van der Waals surface area contributed by atoms with Crippen LogP contribution in [-0.4, -0.2) is 50.3 Å². The van der Waals surface area contributed by atoms with Gasteiger partial charge in [-0.15, -0.1) is 0 Å². The van der Waals surface area contributed by atoms with Gasteiger partial charge in [-0.3, -0.25) is 4.79 Å². The number of hydrogen-bond acceptors (Lipinski definition) is 4. The van der Waals surface area contributed by atoms with E-state index >= 15 is 0 Å². The first-order valence-corrected chi connectivity index (χ1v) is 7.85. The molecule has 1 saturated carbocycles.